The van der Waals surface area contributed by atoms with Crippen molar-refractivity contribution in [3.8, 4) is 0 Å². The van der Waals surface area contributed by atoms with Crippen LogP contribution in [0.5, 0.6) is 0 Å². The molecule has 0 aromatic heterocycles. The number of thiocarbonyl (C=S) groups is 1. The lowest BCUT2D eigenvalue weighted by atomic mass is 9.90. The van der Waals surface area contributed by atoms with E-state index in [1.54, 1.807) is 0 Å². The number of aryl methyl sites for hydroxylation is 1. The van der Waals surface area contributed by atoms with Crippen LogP contribution in [-0.2, 0) is 12.8 Å². The van der Waals surface area contributed by atoms with Gasteiger partial charge in [0.15, 0.2) is 5.11 Å². The quantitative estimate of drug-likeness (QED) is 0.668. The Morgan fingerprint density at radius 1 is 1.00 bits per heavy atom. The Labute approximate surface area is 142 Å². The number of nitrogens with one attached hydrogen (secondary N) is 2. The largest absolute Gasteiger partial charge is 0.361 e. The minimum atomic E-state index is 0.580. The van der Waals surface area contributed by atoms with Gasteiger partial charge in [-0.25, -0.2) is 0 Å². The van der Waals surface area contributed by atoms with Crippen molar-refractivity contribution < 1.29 is 0 Å². The van der Waals surface area contributed by atoms with Crippen LogP contribution in [0.1, 0.15) is 29.5 Å². The monoisotopic (exact) mass is 323 g/mol. The van der Waals surface area contributed by atoms with E-state index in [9.17, 15) is 0 Å². The van der Waals surface area contributed by atoms with E-state index in [0.29, 0.717) is 5.11 Å². The third kappa shape index (κ3) is 4.39. The SMILES string of the molecule is S=C(NCCc1ccccc1)N/N=C1/CCCc2ccccc21. The highest BCUT2D eigenvalue weighted by Gasteiger charge is 2.14. The zero-order valence-corrected chi connectivity index (χ0v) is 13.9. The van der Waals surface area contributed by atoms with Crippen LogP contribution in [0, 0.1) is 0 Å². The molecule has 0 unspecified atom stereocenters. The Balaban J connectivity index is 1.51. The molecule has 0 bridgehead atoms. The van der Waals surface area contributed by atoms with E-state index in [2.05, 4.69) is 64.4 Å². The first-order chi connectivity index (χ1) is 11.3. The normalized spacial score (nSPS) is 15.0. The van der Waals surface area contributed by atoms with E-state index in [1.807, 2.05) is 6.07 Å². The van der Waals surface area contributed by atoms with E-state index in [4.69, 9.17) is 12.2 Å². The smallest absolute Gasteiger partial charge is 0.186 e. The molecule has 0 saturated carbocycles. The summed E-state index contributed by atoms with van der Waals surface area (Å²) in [5.41, 5.74) is 8.01. The van der Waals surface area contributed by atoms with E-state index in [-0.39, 0.29) is 0 Å². The molecule has 2 N–H and O–H groups in total. The predicted molar refractivity (Wildman–Crippen MR) is 99.8 cm³/mol. The second-order valence-corrected chi connectivity index (χ2v) is 6.08. The van der Waals surface area contributed by atoms with Gasteiger partial charge in [-0.3, -0.25) is 5.43 Å². The summed E-state index contributed by atoms with van der Waals surface area (Å²) in [5.74, 6) is 0. The molecule has 23 heavy (non-hydrogen) atoms. The van der Waals surface area contributed by atoms with Gasteiger partial charge in [0.05, 0.1) is 5.71 Å². The lowest BCUT2D eigenvalue weighted by molar-refractivity contribution is 0.812. The van der Waals surface area contributed by atoms with Crippen molar-refractivity contribution in [2.45, 2.75) is 25.7 Å². The van der Waals surface area contributed by atoms with E-state index in [1.165, 1.54) is 16.7 Å². The van der Waals surface area contributed by atoms with E-state index in [0.717, 1.165) is 37.9 Å². The Hall–Kier alpha value is -2.20. The predicted octanol–water partition coefficient (Wildman–Crippen LogP) is 3.43. The third-order valence-corrected chi connectivity index (χ3v) is 4.26. The number of hydrazone groups is 1. The Morgan fingerprint density at radius 3 is 2.65 bits per heavy atom. The van der Waals surface area contributed by atoms with Gasteiger partial charge < -0.3 is 5.32 Å². The summed E-state index contributed by atoms with van der Waals surface area (Å²) in [7, 11) is 0. The maximum Gasteiger partial charge on any atom is 0.186 e. The lowest BCUT2D eigenvalue weighted by Crippen LogP contribution is -2.34. The summed E-state index contributed by atoms with van der Waals surface area (Å²) < 4.78 is 0. The fourth-order valence-electron chi connectivity index (χ4n) is 2.84. The van der Waals surface area contributed by atoms with Crippen molar-refractivity contribution in [3.05, 3.63) is 71.3 Å². The molecule has 2 aromatic carbocycles. The minimum Gasteiger partial charge on any atom is -0.361 e. The highest BCUT2D eigenvalue weighted by Crippen LogP contribution is 2.20. The summed E-state index contributed by atoms with van der Waals surface area (Å²) >= 11 is 5.31. The first-order valence-electron chi connectivity index (χ1n) is 8.05. The van der Waals surface area contributed by atoms with Crippen molar-refractivity contribution in [3.63, 3.8) is 0 Å². The lowest BCUT2D eigenvalue weighted by Gasteiger charge is -2.17. The second kappa shape index (κ2) is 7.88. The molecule has 0 fully saturated rings. The van der Waals surface area contributed by atoms with Gasteiger partial charge in [-0.2, -0.15) is 5.10 Å². The van der Waals surface area contributed by atoms with Gasteiger partial charge in [0.2, 0.25) is 0 Å². The van der Waals surface area contributed by atoms with Gasteiger partial charge in [-0.15, -0.1) is 0 Å². The maximum atomic E-state index is 5.31. The van der Waals surface area contributed by atoms with Crippen LogP contribution in [0.3, 0.4) is 0 Å². The van der Waals surface area contributed by atoms with Crippen LogP contribution in [0.2, 0.25) is 0 Å². The first kappa shape index (κ1) is 15.7. The van der Waals surface area contributed by atoms with Gasteiger partial charge in [0, 0.05) is 12.1 Å². The molecule has 118 valence electrons. The van der Waals surface area contributed by atoms with Crippen LogP contribution in [0.4, 0.5) is 0 Å². The average molecular weight is 323 g/mol. The zero-order valence-electron chi connectivity index (χ0n) is 13.1. The van der Waals surface area contributed by atoms with Gasteiger partial charge in [-0.1, -0.05) is 54.6 Å². The number of fused-ring (bicyclic) bond motifs is 1. The number of hydrogen-bond acceptors (Lipinski definition) is 2. The molecule has 0 atom stereocenters. The van der Waals surface area contributed by atoms with Crippen molar-refractivity contribution in [2.75, 3.05) is 6.54 Å². The fraction of sp³-hybridized carbons (Fsp3) is 0.263. The van der Waals surface area contributed by atoms with Gasteiger partial charge in [-0.05, 0) is 49.0 Å². The van der Waals surface area contributed by atoms with Crippen molar-refractivity contribution in [2.24, 2.45) is 5.10 Å². The molecule has 0 heterocycles. The van der Waals surface area contributed by atoms with Crippen LogP contribution >= 0.6 is 12.2 Å². The molecule has 3 nitrogen and oxygen atoms in total. The summed E-state index contributed by atoms with van der Waals surface area (Å²) in [5, 5.41) is 8.30. The summed E-state index contributed by atoms with van der Waals surface area (Å²) in [4.78, 5) is 0. The molecular formula is C19H21N3S. The molecule has 0 amide bonds. The molecule has 1 aliphatic carbocycles. The summed E-state index contributed by atoms with van der Waals surface area (Å²) in [6.07, 6.45) is 4.22. The van der Waals surface area contributed by atoms with Gasteiger partial charge in [0.1, 0.15) is 0 Å². The molecule has 0 aliphatic heterocycles. The Bertz CT molecular complexity index is 695. The number of nitrogens with zero attached hydrogens (tertiary/aromatic N) is 1. The standard InChI is InChI=1S/C19H21N3S/c23-19(20-14-13-15-7-2-1-3-8-15)22-21-18-12-6-10-16-9-4-5-11-17(16)18/h1-5,7-9,11H,6,10,12-14H2,(H2,20,22,23)/b21-18-. The average Bonchev–Trinajstić information content (AvgIpc) is 2.61. The van der Waals surface area contributed by atoms with Crippen LogP contribution < -0.4 is 10.7 Å². The Kier molecular flexibility index (Phi) is 5.37. The van der Waals surface area contributed by atoms with Crippen molar-refractivity contribution >= 4 is 23.0 Å². The van der Waals surface area contributed by atoms with Crippen LogP contribution in [0.15, 0.2) is 59.7 Å². The minimum absolute atomic E-state index is 0.580. The van der Waals surface area contributed by atoms with Gasteiger partial charge >= 0.3 is 0 Å². The molecule has 4 heteroatoms. The summed E-state index contributed by atoms with van der Waals surface area (Å²) in [6, 6.07) is 18.9. The number of rotatable bonds is 4. The van der Waals surface area contributed by atoms with Crippen molar-refractivity contribution in [1.82, 2.24) is 10.7 Å². The zero-order chi connectivity index (χ0) is 15.9. The highest BCUT2D eigenvalue weighted by atomic mass is 32.1. The third-order valence-electron chi connectivity index (χ3n) is 4.02. The summed E-state index contributed by atoms with van der Waals surface area (Å²) in [6.45, 7) is 0.803. The molecule has 3 rings (SSSR count). The molecule has 0 saturated heterocycles. The molecule has 2 aromatic rings. The first-order valence-corrected chi connectivity index (χ1v) is 8.46. The molecule has 0 radical (unpaired) electrons. The topological polar surface area (TPSA) is 36.4 Å². The van der Waals surface area contributed by atoms with Crippen LogP contribution in [-0.4, -0.2) is 17.4 Å². The fourth-order valence-corrected chi connectivity index (χ4v) is 2.99. The molecule has 0 spiro atoms. The highest BCUT2D eigenvalue weighted by molar-refractivity contribution is 7.80. The van der Waals surface area contributed by atoms with E-state index < -0.39 is 0 Å². The number of benzene rings is 2. The van der Waals surface area contributed by atoms with Crippen LogP contribution in [0.25, 0.3) is 0 Å². The molecular weight excluding hydrogens is 302 g/mol. The second-order valence-electron chi connectivity index (χ2n) is 5.67. The maximum absolute atomic E-state index is 5.31. The van der Waals surface area contributed by atoms with E-state index >= 15 is 0 Å². The van der Waals surface area contributed by atoms with Crippen molar-refractivity contribution in [1.29, 1.82) is 0 Å². The molecule has 1 aliphatic rings. The number of hydrogen-bond donors (Lipinski definition) is 2. The Morgan fingerprint density at radius 2 is 1.78 bits per heavy atom. The van der Waals surface area contributed by atoms with Gasteiger partial charge in [0.25, 0.3) is 0 Å².